The normalized spacial score (nSPS) is 10.4. The molecule has 1 heterocycles. The summed E-state index contributed by atoms with van der Waals surface area (Å²) in [6.07, 6.45) is 0. The molecule has 14 heavy (non-hydrogen) atoms. The quantitative estimate of drug-likeness (QED) is 0.726. The van der Waals surface area contributed by atoms with Crippen LogP contribution in [0, 0.1) is 0 Å². The highest BCUT2D eigenvalue weighted by Gasteiger charge is 2.17. The van der Waals surface area contributed by atoms with Crippen molar-refractivity contribution >= 4 is 17.3 Å². The molecule has 0 aliphatic rings. The summed E-state index contributed by atoms with van der Waals surface area (Å²) in [5, 5.41) is 0. The number of carbonyl (C=O) groups excluding carboxylic acids is 1. The van der Waals surface area contributed by atoms with E-state index in [9.17, 15) is 4.79 Å². The highest BCUT2D eigenvalue weighted by molar-refractivity contribution is 7.14. The molecule has 0 radical (unpaired) electrons. The fraction of sp³-hybridized carbons (Fsp3) is 0.500. The van der Waals surface area contributed by atoms with Crippen molar-refractivity contribution in [2.24, 2.45) is 0 Å². The number of esters is 1. The molecule has 0 aliphatic heterocycles. The maximum atomic E-state index is 11.3. The van der Waals surface area contributed by atoms with Gasteiger partial charge >= 0.3 is 5.97 Å². The topological polar surface area (TPSA) is 35.5 Å². The van der Waals surface area contributed by atoms with Crippen molar-refractivity contribution in [3.05, 3.63) is 15.8 Å². The molecule has 0 amide bonds. The molecular weight excluding hydrogens is 200 g/mol. The molecule has 1 aromatic rings. The van der Waals surface area contributed by atoms with E-state index in [4.69, 9.17) is 4.74 Å². The molecule has 0 aromatic carbocycles. The standard InChI is InChI=1S/C10H14O3S/c1-6(2)9-7(12-3)5-8(14-9)10(11)13-4/h5-6H,1-4H3. The Hall–Kier alpha value is -1.03. The summed E-state index contributed by atoms with van der Waals surface area (Å²) in [6, 6.07) is 1.73. The van der Waals surface area contributed by atoms with Crippen LogP contribution in [0.1, 0.15) is 34.3 Å². The van der Waals surface area contributed by atoms with Gasteiger partial charge in [0.05, 0.1) is 14.2 Å². The molecule has 0 fully saturated rings. The molecule has 1 aromatic heterocycles. The van der Waals surface area contributed by atoms with E-state index in [-0.39, 0.29) is 5.97 Å². The van der Waals surface area contributed by atoms with Gasteiger partial charge in [-0.25, -0.2) is 4.79 Å². The minimum absolute atomic E-state index is 0.305. The van der Waals surface area contributed by atoms with E-state index in [0.29, 0.717) is 10.8 Å². The predicted octanol–water partition coefficient (Wildman–Crippen LogP) is 2.67. The van der Waals surface area contributed by atoms with Crippen LogP contribution < -0.4 is 4.74 Å². The average Bonchev–Trinajstić information content (AvgIpc) is 2.60. The summed E-state index contributed by atoms with van der Waals surface area (Å²) in [7, 11) is 2.98. The van der Waals surface area contributed by atoms with Gasteiger partial charge in [-0.2, -0.15) is 0 Å². The molecule has 4 heteroatoms. The second-order valence-electron chi connectivity index (χ2n) is 3.19. The van der Waals surface area contributed by atoms with Crippen LogP contribution in [0.3, 0.4) is 0 Å². The Labute approximate surface area is 87.7 Å². The van der Waals surface area contributed by atoms with Crippen molar-refractivity contribution in [3.63, 3.8) is 0 Å². The van der Waals surface area contributed by atoms with E-state index in [1.165, 1.54) is 18.4 Å². The summed E-state index contributed by atoms with van der Waals surface area (Å²) in [5.41, 5.74) is 0. The Balaban J connectivity index is 3.06. The Morgan fingerprint density at radius 2 is 2.07 bits per heavy atom. The van der Waals surface area contributed by atoms with Crippen LogP contribution in [0.25, 0.3) is 0 Å². The van der Waals surface area contributed by atoms with Crippen LogP contribution in [0.4, 0.5) is 0 Å². The van der Waals surface area contributed by atoms with Crippen molar-refractivity contribution in [1.29, 1.82) is 0 Å². The first kappa shape index (κ1) is 11.0. The van der Waals surface area contributed by atoms with Crippen molar-refractivity contribution in [2.75, 3.05) is 14.2 Å². The Bertz CT molecular complexity index is 328. The average molecular weight is 214 g/mol. The number of rotatable bonds is 3. The highest BCUT2D eigenvalue weighted by atomic mass is 32.1. The van der Waals surface area contributed by atoms with E-state index in [1.807, 2.05) is 0 Å². The molecule has 0 saturated carbocycles. The van der Waals surface area contributed by atoms with E-state index in [0.717, 1.165) is 10.6 Å². The Morgan fingerprint density at radius 3 is 2.43 bits per heavy atom. The predicted molar refractivity (Wildman–Crippen MR) is 56.3 cm³/mol. The minimum Gasteiger partial charge on any atom is -0.496 e. The molecule has 78 valence electrons. The minimum atomic E-state index is -0.305. The van der Waals surface area contributed by atoms with Crippen molar-refractivity contribution in [3.8, 4) is 5.75 Å². The highest BCUT2D eigenvalue weighted by Crippen LogP contribution is 2.35. The van der Waals surface area contributed by atoms with Crippen molar-refractivity contribution < 1.29 is 14.3 Å². The summed E-state index contributed by atoms with van der Waals surface area (Å²) in [5.74, 6) is 0.818. The summed E-state index contributed by atoms with van der Waals surface area (Å²) in [4.78, 5) is 12.9. The molecule has 0 spiro atoms. The van der Waals surface area contributed by atoms with Crippen LogP contribution in [0.2, 0.25) is 0 Å². The first-order valence-electron chi connectivity index (χ1n) is 4.36. The van der Waals surface area contributed by atoms with Gasteiger partial charge in [0, 0.05) is 10.9 Å². The van der Waals surface area contributed by atoms with Gasteiger partial charge in [-0.3, -0.25) is 0 Å². The van der Waals surface area contributed by atoms with Gasteiger partial charge in [-0.15, -0.1) is 11.3 Å². The summed E-state index contributed by atoms with van der Waals surface area (Å²) >= 11 is 1.43. The van der Waals surface area contributed by atoms with Crippen LogP contribution in [0.5, 0.6) is 5.75 Å². The lowest BCUT2D eigenvalue weighted by molar-refractivity contribution is 0.0606. The fourth-order valence-corrected chi connectivity index (χ4v) is 2.20. The van der Waals surface area contributed by atoms with Gasteiger partial charge in [0.15, 0.2) is 0 Å². The zero-order valence-corrected chi connectivity index (χ0v) is 9.60. The van der Waals surface area contributed by atoms with Crippen LogP contribution in [-0.2, 0) is 4.74 Å². The number of methoxy groups -OCH3 is 2. The van der Waals surface area contributed by atoms with Crippen LogP contribution in [0.15, 0.2) is 6.07 Å². The molecule has 0 atom stereocenters. The second kappa shape index (κ2) is 4.46. The lowest BCUT2D eigenvalue weighted by atomic mass is 10.2. The molecule has 0 N–H and O–H groups in total. The molecule has 0 aliphatic carbocycles. The van der Waals surface area contributed by atoms with Gasteiger partial charge in [-0.05, 0) is 5.92 Å². The lowest BCUT2D eigenvalue weighted by Crippen LogP contribution is -1.96. The van der Waals surface area contributed by atoms with E-state index in [1.54, 1.807) is 13.2 Å². The number of hydrogen-bond donors (Lipinski definition) is 0. The van der Waals surface area contributed by atoms with Gasteiger partial charge < -0.3 is 9.47 Å². The zero-order chi connectivity index (χ0) is 10.7. The third-order valence-corrected chi connectivity index (χ3v) is 3.25. The molecule has 1 rings (SSSR count). The summed E-state index contributed by atoms with van der Waals surface area (Å²) < 4.78 is 9.83. The molecular formula is C10H14O3S. The Kier molecular flexibility index (Phi) is 3.52. The molecule has 0 unspecified atom stereocenters. The third kappa shape index (κ3) is 2.07. The maximum Gasteiger partial charge on any atom is 0.348 e. The molecule has 0 bridgehead atoms. The SMILES string of the molecule is COC(=O)c1cc(OC)c(C(C)C)s1. The van der Waals surface area contributed by atoms with Crippen LogP contribution in [-0.4, -0.2) is 20.2 Å². The Morgan fingerprint density at radius 1 is 1.43 bits per heavy atom. The first-order chi connectivity index (χ1) is 6.60. The van der Waals surface area contributed by atoms with E-state index < -0.39 is 0 Å². The van der Waals surface area contributed by atoms with Crippen LogP contribution >= 0.6 is 11.3 Å². The van der Waals surface area contributed by atoms with E-state index in [2.05, 4.69) is 18.6 Å². The van der Waals surface area contributed by atoms with Crippen molar-refractivity contribution in [2.45, 2.75) is 19.8 Å². The number of ether oxygens (including phenoxy) is 2. The maximum absolute atomic E-state index is 11.3. The van der Waals surface area contributed by atoms with Crippen molar-refractivity contribution in [1.82, 2.24) is 0 Å². The van der Waals surface area contributed by atoms with E-state index >= 15 is 0 Å². The number of thiophene rings is 1. The zero-order valence-electron chi connectivity index (χ0n) is 8.79. The molecule has 3 nitrogen and oxygen atoms in total. The summed E-state index contributed by atoms with van der Waals surface area (Å²) in [6.45, 7) is 4.13. The smallest absolute Gasteiger partial charge is 0.348 e. The van der Waals surface area contributed by atoms with Gasteiger partial charge in [-0.1, -0.05) is 13.8 Å². The van der Waals surface area contributed by atoms with Gasteiger partial charge in [0.1, 0.15) is 10.6 Å². The third-order valence-electron chi connectivity index (χ3n) is 1.86. The second-order valence-corrected chi connectivity index (χ2v) is 4.27. The molecule has 0 saturated heterocycles. The first-order valence-corrected chi connectivity index (χ1v) is 5.17. The van der Waals surface area contributed by atoms with Gasteiger partial charge in [0.2, 0.25) is 0 Å². The van der Waals surface area contributed by atoms with Gasteiger partial charge in [0.25, 0.3) is 0 Å². The fourth-order valence-electron chi connectivity index (χ4n) is 1.15. The number of carbonyl (C=O) groups is 1. The number of hydrogen-bond acceptors (Lipinski definition) is 4. The lowest BCUT2D eigenvalue weighted by Gasteiger charge is -2.03. The largest absolute Gasteiger partial charge is 0.496 e. The monoisotopic (exact) mass is 214 g/mol.